The highest BCUT2D eigenvalue weighted by atomic mass is 35.5. The molecule has 4 heteroatoms. The number of para-hydroxylation sites is 1. The van der Waals surface area contributed by atoms with Crippen molar-refractivity contribution in [2.24, 2.45) is 4.99 Å². The van der Waals surface area contributed by atoms with E-state index >= 15 is 0 Å². The number of halogens is 2. The molecule has 1 N–H and O–H groups in total. The third kappa shape index (κ3) is 2.72. The van der Waals surface area contributed by atoms with Gasteiger partial charge in [0.05, 0.1) is 10.7 Å². The first-order chi connectivity index (χ1) is 11.2. The zero-order valence-corrected chi connectivity index (χ0v) is 13.6. The standard InChI is InChI=1S/C19H12Cl2N2/c20-13-6-5-12(17(21)9-13)11-22-14-7-8-19-16(10-14)15-3-1-2-4-18(15)23-19/h1-11,23H. The van der Waals surface area contributed by atoms with E-state index in [4.69, 9.17) is 23.2 Å². The van der Waals surface area contributed by atoms with Gasteiger partial charge in [-0.3, -0.25) is 4.99 Å². The fourth-order valence-corrected chi connectivity index (χ4v) is 3.12. The second-order valence-corrected chi connectivity index (χ2v) is 6.17. The highest BCUT2D eigenvalue weighted by molar-refractivity contribution is 6.36. The number of aliphatic imine (C=N–C) groups is 1. The second kappa shape index (κ2) is 5.73. The third-order valence-electron chi connectivity index (χ3n) is 3.80. The lowest BCUT2D eigenvalue weighted by atomic mass is 10.1. The van der Waals surface area contributed by atoms with Gasteiger partial charge in [0.15, 0.2) is 0 Å². The van der Waals surface area contributed by atoms with Gasteiger partial charge in [0.25, 0.3) is 0 Å². The average molecular weight is 339 g/mol. The molecule has 0 atom stereocenters. The number of aromatic nitrogens is 1. The van der Waals surface area contributed by atoms with Crippen molar-refractivity contribution in [3.8, 4) is 0 Å². The molecule has 0 bridgehead atoms. The predicted octanol–water partition coefficient (Wildman–Crippen LogP) is 6.38. The number of benzene rings is 3. The van der Waals surface area contributed by atoms with Gasteiger partial charge in [-0.25, -0.2) is 0 Å². The summed E-state index contributed by atoms with van der Waals surface area (Å²) in [6.45, 7) is 0. The van der Waals surface area contributed by atoms with E-state index in [9.17, 15) is 0 Å². The number of rotatable bonds is 2. The van der Waals surface area contributed by atoms with Crippen molar-refractivity contribution < 1.29 is 0 Å². The highest BCUT2D eigenvalue weighted by Gasteiger charge is 2.04. The molecule has 0 spiro atoms. The maximum atomic E-state index is 6.17. The van der Waals surface area contributed by atoms with Gasteiger partial charge in [-0.1, -0.05) is 47.5 Å². The Hall–Kier alpha value is -2.29. The number of nitrogens with zero attached hydrogens (tertiary/aromatic N) is 1. The smallest absolute Gasteiger partial charge is 0.0637 e. The summed E-state index contributed by atoms with van der Waals surface area (Å²) in [4.78, 5) is 7.94. The van der Waals surface area contributed by atoms with Gasteiger partial charge in [-0.15, -0.1) is 0 Å². The van der Waals surface area contributed by atoms with Crippen molar-refractivity contribution in [2.45, 2.75) is 0 Å². The van der Waals surface area contributed by atoms with Crippen molar-refractivity contribution in [2.75, 3.05) is 0 Å². The summed E-state index contributed by atoms with van der Waals surface area (Å²) in [6.07, 6.45) is 1.76. The van der Waals surface area contributed by atoms with Crippen LogP contribution in [0.4, 0.5) is 5.69 Å². The van der Waals surface area contributed by atoms with Gasteiger partial charge in [0.2, 0.25) is 0 Å². The molecule has 0 amide bonds. The van der Waals surface area contributed by atoms with Crippen LogP contribution in [0.1, 0.15) is 5.56 Å². The van der Waals surface area contributed by atoms with Gasteiger partial charge < -0.3 is 4.98 Å². The van der Waals surface area contributed by atoms with E-state index in [-0.39, 0.29) is 0 Å². The lowest BCUT2D eigenvalue weighted by Gasteiger charge is -1.99. The molecule has 0 aliphatic rings. The molecule has 0 aliphatic heterocycles. The molecule has 0 radical (unpaired) electrons. The van der Waals surface area contributed by atoms with Gasteiger partial charge in [-0.2, -0.15) is 0 Å². The number of hydrogen-bond acceptors (Lipinski definition) is 1. The molecule has 112 valence electrons. The van der Waals surface area contributed by atoms with Crippen molar-refractivity contribution in [1.29, 1.82) is 0 Å². The third-order valence-corrected chi connectivity index (χ3v) is 4.37. The van der Waals surface area contributed by atoms with Crippen molar-refractivity contribution in [3.05, 3.63) is 76.3 Å². The molecule has 4 rings (SSSR count). The van der Waals surface area contributed by atoms with Crippen molar-refractivity contribution in [3.63, 3.8) is 0 Å². The summed E-state index contributed by atoms with van der Waals surface area (Å²) in [7, 11) is 0. The SMILES string of the molecule is Clc1ccc(C=Nc2ccc3[nH]c4ccccc4c3c2)c(Cl)c1. The summed E-state index contributed by atoms with van der Waals surface area (Å²) in [5, 5.41) is 3.57. The van der Waals surface area contributed by atoms with Crippen LogP contribution in [-0.2, 0) is 0 Å². The van der Waals surface area contributed by atoms with Gasteiger partial charge in [-0.05, 0) is 36.4 Å². The summed E-state index contributed by atoms with van der Waals surface area (Å²) in [5.74, 6) is 0. The molecule has 0 unspecified atom stereocenters. The molecular formula is C19H12Cl2N2. The van der Waals surface area contributed by atoms with E-state index < -0.39 is 0 Å². The Bertz CT molecular complexity index is 1050. The van der Waals surface area contributed by atoms with Gasteiger partial charge in [0, 0.05) is 38.6 Å². The van der Waals surface area contributed by atoms with Crippen LogP contribution in [-0.4, -0.2) is 11.2 Å². The Morgan fingerprint density at radius 3 is 2.52 bits per heavy atom. The summed E-state index contributed by atoms with van der Waals surface area (Å²) in [5.41, 5.74) is 3.96. The highest BCUT2D eigenvalue weighted by Crippen LogP contribution is 2.29. The Labute approximate surface area is 143 Å². The predicted molar refractivity (Wildman–Crippen MR) is 99.5 cm³/mol. The monoisotopic (exact) mass is 338 g/mol. The minimum absolute atomic E-state index is 0.592. The van der Waals surface area contributed by atoms with E-state index in [1.54, 1.807) is 18.3 Å². The van der Waals surface area contributed by atoms with Gasteiger partial charge in [0.1, 0.15) is 0 Å². The topological polar surface area (TPSA) is 28.1 Å². The molecule has 1 heterocycles. The molecule has 0 saturated carbocycles. The molecule has 0 saturated heterocycles. The molecule has 3 aromatic carbocycles. The average Bonchev–Trinajstić information content (AvgIpc) is 2.92. The number of aromatic amines is 1. The zero-order valence-electron chi connectivity index (χ0n) is 12.1. The Kier molecular flexibility index (Phi) is 3.56. The number of fused-ring (bicyclic) bond motifs is 3. The minimum atomic E-state index is 0.592. The molecular weight excluding hydrogens is 327 g/mol. The van der Waals surface area contributed by atoms with Crippen LogP contribution in [0.2, 0.25) is 10.0 Å². The summed E-state index contributed by atoms with van der Waals surface area (Å²) < 4.78 is 0. The maximum absolute atomic E-state index is 6.17. The Morgan fingerprint density at radius 2 is 1.65 bits per heavy atom. The molecule has 4 aromatic rings. The quantitative estimate of drug-likeness (QED) is 0.411. The van der Waals surface area contributed by atoms with Crippen molar-refractivity contribution >= 4 is 56.9 Å². The number of hydrogen-bond donors (Lipinski definition) is 1. The van der Waals surface area contributed by atoms with Crippen LogP contribution in [0.5, 0.6) is 0 Å². The van der Waals surface area contributed by atoms with Crippen LogP contribution < -0.4 is 0 Å². The van der Waals surface area contributed by atoms with Crippen LogP contribution in [0.25, 0.3) is 21.8 Å². The van der Waals surface area contributed by atoms with E-state index in [1.807, 2.05) is 30.3 Å². The fraction of sp³-hybridized carbons (Fsp3) is 0. The zero-order chi connectivity index (χ0) is 15.8. The summed E-state index contributed by atoms with van der Waals surface area (Å²) >= 11 is 12.1. The first kappa shape index (κ1) is 14.3. The van der Waals surface area contributed by atoms with E-state index in [0.29, 0.717) is 10.0 Å². The molecule has 1 aromatic heterocycles. The second-order valence-electron chi connectivity index (χ2n) is 5.32. The number of H-pyrrole nitrogens is 1. The van der Waals surface area contributed by atoms with E-state index in [1.165, 1.54) is 5.39 Å². The lowest BCUT2D eigenvalue weighted by Crippen LogP contribution is -1.82. The van der Waals surface area contributed by atoms with Crippen LogP contribution >= 0.6 is 23.2 Å². The van der Waals surface area contributed by atoms with Crippen LogP contribution in [0, 0.1) is 0 Å². The van der Waals surface area contributed by atoms with Crippen molar-refractivity contribution in [1.82, 2.24) is 4.98 Å². The van der Waals surface area contributed by atoms with E-state index in [2.05, 4.69) is 28.2 Å². The molecule has 0 fully saturated rings. The van der Waals surface area contributed by atoms with E-state index in [0.717, 1.165) is 27.7 Å². The Balaban J connectivity index is 1.76. The number of nitrogens with one attached hydrogen (secondary N) is 1. The molecule has 0 aliphatic carbocycles. The molecule has 23 heavy (non-hydrogen) atoms. The fourth-order valence-electron chi connectivity index (χ4n) is 2.67. The molecule has 2 nitrogen and oxygen atoms in total. The largest absolute Gasteiger partial charge is 0.355 e. The van der Waals surface area contributed by atoms with Crippen LogP contribution in [0.15, 0.2) is 65.7 Å². The normalized spacial score (nSPS) is 11.7. The van der Waals surface area contributed by atoms with Crippen LogP contribution in [0.3, 0.4) is 0 Å². The maximum Gasteiger partial charge on any atom is 0.0637 e. The first-order valence-electron chi connectivity index (χ1n) is 7.20. The Morgan fingerprint density at radius 1 is 0.826 bits per heavy atom. The summed E-state index contributed by atoms with van der Waals surface area (Å²) in [6, 6.07) is 19.7. The minimum Gasteiger partial charge on any atom is -0.355 e. The first-order valence-corrected chi connectivity index (χ1v) is 7.96. The lowest BCUT2D eigenvalue weighted by molar-refractivity contribution is 1.52. The van der Waals surface area contributed by atoms with Gasteiger partial charge >= 0.3 is 0 Å².